The highest BCUT2D eigenvalue weighted by Gasteiger charge is 2.32. The first-order valence-electron chi connectivity index (χ1n) is 8.31. The first kappa shape index (κ1) is 17.4. The van der Waals surface area contributed by atoms with Crippen LogP contribution >= 0.6 is 0 Å². The molecule has 1 aromatic carbocycles. The molecular formula is C18H22FN3O3. The molecule has 1 aromatic heterocycles. The summed E-state index contributed by atoms with van der Waals surface area (Å²) in [6, 6.07) is 6.26. The summed E-state index contributed by atoms with van der Waals surface area (Å²) in [5.41, 5.74) is 0.715. The second-order valence-corrected chi connectivity index (χ2v) is 6.35. The molecule has 0 aliphatic carbocycles. The fourth-order valence-electron chi connectivity index (χ4n) is 3.07. The molecule has 1 aliphatic rings. The van der Waals surface area contributed by atoms with Crippen LogP contribution in [0.15, 0.2) is 24.3 Å². The number of benzene rings is 1. The Kier molecular flexibility index (Phi) is 5.03. The molecule has 0 radical (unpaired) electrons. The average molecular weight is 347 g/mol. The van der Waals surface area contributed by atoms with Crippen LogP contribution in [-0.4, -0.2) is 54.5 Å². The van der Waals surface area contributed by atoms with Crippen LogP contribution in [0.4, 0.5) is 4.39 Å². The topological polar surface area (TPSA) is 56.6 Å². The monoisotopic (exact) mass is 347 g/mol. The number of nitrogens with zero attached hydrogens (tertiary/aromatic N) is 3. The zero-order chi connectivity index (χ0) is 18.0. The summed E-state index contributed by atoms with van der Waals surface area (Å²) in [4.78, 5) is 14.5. The number of carbonyl (C=O) groups excluding carboxylic acids is 1. The molecule has 0 saturated carbocycles. The first-order chi connectivity index (χ1) is 12.0. The molecule has 0 spiro atoms. The molecule has 1 atom stereocenters. The largest absolute Gasteiger partial charge is 0.477 e. The van der Waals surface area contributed by atoms with Crippen LogP contribution in [0, 0.1) is 11.7 Å². The van der Waals surface area contributed by atoms with Gasteiger partial charge in [0.25, 0.3) is 0 Å². The van der Waals surface area contributed by atoms with Crippen molar-refractivity contribution in [3.05, 3.63) is 35.6 Å². The van der Waals surface area contributed by atoms with Gasteiger partial charge in [-0.05, 0) is 33.2 Å². The predicted octanol–water partition coefficient (Wildman–Crippen LogP) is 2.44. The summed E-state index contributed by atoms with van der Waals surface area (Å²) in [5.74, 6) is -0.390. The van der Waals surface area contributed by atoms with Crippen molar-refractivity contribution in [2.75, 3.05) is 33.9 Å². The molecule has 25 heavy (non-hydrogen) atoms. The Morgan fingerprint density at radius 1 is 1.44 bits per heavy atom. The Hall–Kier alpha value is -2.41. The van der Waals surface area contributed by atoms with E-state index in [1.807, 2.05) is 14.1 Å². The van der Waals surface area contributed by atoms with Gasteiger partial charge in [-0.3, -0.25) is 0 Å². The maximum Gasteiger partial charge on any atom is 0.345 e. The van der Waals surface area contributed by atoms with Crippen LogP contribution < -0.4 is 4.74 Å². The second-order valence-electron chi connectivity index (χ2n) is 6.35. The number of aromatic nitrogens is 2. The molecule has 0 saturated heterocycles. The highest BCUT2D eigenvalue weighted by atomic mass is 19.1. The quantitative estimate of drug-likeness (QED) is 0.778. The minimum absolute atomic E-state index is 0.190. The van der Waals surface area contributed by atoms with E-state index in [2.05, 4.69) is 10.00 Å². The van der Waals surface area contributed by atoms with Crippen molar-refractivity contribution in [3.8, 4) is 17.1 Å². The molecule has 0 amide bonds. The highest BCUT2D eigenvalue weighted by Crippen LogP contribution is 2.35. The van der Waals surface area contributed by atoms with Crippen LogP contribution in [0.25, 0.3) is 11.3 Å². The van der Waals surface area contributed by atoms with Gasteiger partial charge in [-0.2, -0.15) is 5.10 Å². The molecular weight excluding hydrogens is 325 g/mol. The Labute approximate surface area is 146 Å². The summed E-state index contributed by atoms with van der Waals surface area (Å²) in [5, 5.41) is 4.47. The van der Waals surface area contributed by atoms with Crippen LogP contribution in [-0.2, 0) is 11.3 Å². The lowest BCUT2D eigenvalue weighted by Crippen LogP contribution is -2.34. The van der Waals surface area contributed by atoms with E-state index >= 15 is 0 Å². The van der Waals surface area contributed by atoms with E-state index in [0.29, 0.717) is 19.0 Å². The number of fused-ring (bicyclic) bond motifs is 1. The number of ether oxygens (including phenoxy) is 2. The number of halogens is 1. The minimum atomic E-state index is -0.548. The van der Waals surface area contributed by atoms with Gasteiger partial charge in [-0.15, -0.1) is 0 Å². The van der Waals surface area contributed by atoms with Crippen LogP contribution in [0.2, 0.25) is 0 Å². The predicted molar refractivity (Wildman–Crippen MR) is 91.1 cm³/mol. The van der Waals surface area contributed by atoms with E-state index in [1.54, 1.807) is 29.8 Å². The lowest BCUT2D eigenvalue weighted by atomic mass is 10.1. The van der Waals surface area contributed by atoms with Gasteiger partial charge in [-0.25, -0.2) is 13.9 Å². The second kappa shape index (κ2) is 7.23. The standard InChI is InChI=1S/C18H22FN3O3/c1-4-24-18(23)15-16(13-7-5-6-8-14(13)19)20-22-10-12(9-21(2)3)11-25-17(15)22/h5-8,12H,4,9-11H2,1-3H3. The van der Waals surface area contributed by atoms with E-state index in [9.17, 15) is 9.18 Å². The maximum atomic E-state index is 14.3. The summed E-state index contributed by atoms with van der Waals surface area (Å²) < 4.78 is 26.9. The van der Waals surface area contributed by atoms with E-state index < -0.39 is 11.8 Å². The molecule has 0 fully saturated rings. The first-order valence-corrected chi connectivity index (χ1v) is 8.31. The number of rotatable bonds is 5. The molecule has 2 aromatic rings. The highest BCUT2D eigenvalue weighted by molar-refractivity contribution is 5.98. The SMILES string of the molecule is CCOC(=O)c1c(-c2ccccc2F)nn2c1OCC(CN(C)C)C2. The van der Waals surface area contributed by atoms with Crippen molar-refractivity contribution in [1.82, 2.24) is 14.7 Å². The van der Waals surface area contributed by atoms with Gasteiger partial charge in [0.15, 0.2) is 0 Å². The van der Waals surface area contributed by atoms with Gasteiger partial charge < -0.3 is 14.4 Å². The van der Waals surface area contributed by atoms with E-state index in [1.165, 1.54) is 6.07 Å². The molecule has 1 aliphatic heterocycles. The zero-order valence-electron chi connectivity index (χ0n) is 14.7. The average Bonchev–Trinajstić information content (AvgIpc) is 2.93. The van der Waals surface area contributed by atoms with Crippen molar-refractivity contribution >= 4 is 5.97 Å². The van der Waals surface area contributed by atoms with Crippen LogP contribution in [0.3, 0.4) is 0 Å². The number of esters is 1. The lowest BCUT2D eigenvalue weighted by molar-refractivity contribution is 0.0516. The van der Waals surface area contributed by atoms with Gasteiger partial charge in [0.2, 0.25) is 5.88 Å². The van der Waals surface area contributed by atoms with E-state index in [4.69, 9.17) is 9.47 Å². The third-order valence-electron chi connectivity index (χ3n) is 4.02. The summed E-state index contributed by atoms with van der Waals surface area (Å²) in [7, 11) is 3.99. The number of hydrogen-bond acceptors (Lipinski definition) is 5. The van der Waals surface area contributed by atoms with Crippen molar-refractivity contribution in [1.29, 1.82) is 0 Å². The normalized spacial score (nSPS) is 16.4. The molecule has 134 valence electrons. The Balaban J connectivity index is 2.05. The molecule has 7 heteroatoms. The number of carbonyl (C=O) groups is 1. The van der Waals surface area contributed by atoms with Crippen molar-refractivity contribution in [3.63, 3.8) is 0 Å². The van der Waals surface area contributed by atoms with Crippen molar-refractivity contribution < 1.29 is 18.7 Å². The Morgan fingerprint density at radius 3 is 2.88 bits per heavy atom. The summed E-state index contributed by atoms with van der Waals surface area (Å²) in [6.07, 6.45) is 0. The van der Waals surface area contributed by atoms with E-state index in [-0.39, 0.29) is 29.3 Å². The molecule has 0 N–H and O–H groups in total. The fourth-order valence-corrected chi connectivity index (χ4v) is 3.07. The molecule has 1 unspecified atom stereocenters. The van der Waals surface area contributed by atoms with Crippen molar-refractivity contribution in [2.24, 2.45) is 5.92 Å². The Bertz CT molecular complexity index is 773. The van der Waals surface area contributed by atoms with Gasteiger partial charge in [-0.1, -0.05) is 12.1 Å². The third kappa shape index (κ3) is 3.51. The van der Waals surface area contributed by atoms with Crippen LogP contribution in [0.1, 0.15) is 17.3 Å². The van der Waals surface area contributed by atoms with Gasteiger partial charge >= 0.3 is 5.97 Å². The van der Waals surface area contributed by atoms with Crippen molar-refractivity contribution in [2.45, 2.75) is 13.5 Å². The maximum absolute atomic E-state index is 14.3. The Morgan fingerprint density at radius 2 is 2.20 bits per heavy atom. The van der Waals surface area contributed by atoms with Crippen LogP contribution in [0.5, 0.6) is 5.88 Å². The van der Waals surface area contributed by atoms with Gasteiger partial charge in [0, 0.05) is 18.0 Å². The molecule has 3 rings (SSSR count). The lowest BCUT2D eigenvalue weighted by Gasteiger charge is -2.26. The summed E-state index contributed by atoms with van der Waals surface area (Å²) in [6.45, 7) is 3.87. The van der Waals surface area contributed by atoms with Gasteiger partial charge in [0.1, 0.15) is 17.1 Å². The zero-order valence-corrected chi connectivity index (χ0v) is 14.7. The fraction of sp³-hybridized carbons (Fsp3) is 0.444. The summed E-state index contributed by atoms with van der Waals surface area (Å²) >= 11 is 0. The van der Waals surface area contributed by atoms with Gasteiger partial charge in [0.05, 0.1) is 19.8 Å². The molecule has 0 bridgehead atoms. The number of hydrogen-bond donors (Lipinski definition) is 0. The minimum Gasteiger partial charge on any atom is -0.477 e. The molecule has 2 heterocycles. The molecule has 6 nitrogen and oxygen atoms in total. The third-order valence-corrected chi connectivity index (χ3v) is 4.02. The van der Waals surface area contributed by atoms with E-state index in [0.717, 1.165) is 6.54 Å². The smallest absolute Gasteiger partial charge is 0.345 e.